The van der Waals surface area contributed by atoms with Crippen LogP contribution in [0.5, 0.6) is 0 Å². The highest BCUT2D eigenvalue weighted by molar-refractivity contribution is 6.13. The SMILES string of the molecule is CN(CCN1CCOCC1)C(=O)c1cccc(C(=O)Nc2ccc(N3CCCCC3)cc2C(=O)Nc2cnc3c(c2)CN(C(=O)OC(C)(C)C)CC3)c1. The molecule has 0 spiro atoms. The second-order valence-electron chi connectivity index (χ2n) is 14.9. The van der Waals surface area contributed by atoms with E-state index in [1.54, 1.807) is 53.4 Å². The van der Waals surface area contributed by atoms with Crippen LogP contribution < -0.4 is 15.5 Å². The number of likely N-dealkylation sites (N-methyl/N-ethyl adjacent to an activating group) is 1. The Morgan fingerprint density at radius 1 is 0.887 bits per heavy atom. The lowest BCUT2D eigenvalue weighted by atomic mass is 10.0. The van der Waals surface area contributed by atoms with Gasteiger partial charge in [-0.3, -0.25) is 24.3 Å². The maximum absolute atomic E-state index is 14.0. The number of benzene rings is 2. The number of pyridine rings is 1. The molecule has 2 aromatic carbocycles. The average Bonchev–Trinajstić information content (AvgIpc) is 3.16. The van der Waals surface area contributed by atoms with Gasteiger partial charge in [-0.2, -0.15) is 0 Å². The van der Waals surface area contributed by atoms with Crippen molar-refractivity contribution in [3.63, 3.8) is 0 Å². The summed E-state index contributed by atoms with van der Waals surface area (Å²) < 4.78 is 11.0. The van der Waals surface area contributed by atoms with Gasteiger partial charge in [0.25, 0.3) is 17.7 Å². The topological polar surface area (TPSA) is 137 Å². The van der Waals surface area contributed by atoms with Crippen LogP contribution in [0.3, 0.4) is 0 Å². The van der Waals surface area contributed by atoms with Crippen LogP contribution in [0.2, 0.25) is 0 Å². The van der Waals surface area contributed by atoms with Crippen molar-refractivity contribution < 1.29 is 28.7 Å². The molecule has 3 aromatic rings. The first-order chi connectivity index (χ1) is 25.4. The fourth-order valence-electron chi connectivity index (χ4n) is 6.78. The van der Waals surface area contributed by atoms with Gasteiger partial charge in [0.2, 0.25) is 0 Å². The molecule has 0 saturated carbocycles. The number of carbonyl (C=O) groups excluding carboxylic acids is 4. The minimum atomic E-state index is -0.610. The van der Waals surface area contributed by atoms with Crippen LogP contribution in [0.25, 0.3) is 0 Å². The highest BCUT2D eigenvalue weighted by Gasteiger charge is 2.27. The maximum atomic E-state index is 14.0. The molecule has 0 radical (unpaired) electrons. The standard InChI is InChI=1S/C40H51N7O6/c1-40(2,3)53-39(51)47-16-13-34-30(27-47)24-31(26-41-34)42-37(49)33-25-32(46-14-6-5-7-15-46)11-12-35(33)43-36(48)28-9-8-10-29(23-28)38(50)44(4)17-18-45-19-21-52-22-20-45/h8-12,23-26H,5-7,13-22,27H2,1-4H3,(H,42,49)(H,43,48). The number of amides is 4. The van der Waals surface area contributed by atoms with Gasteiger partial charge in [0.05, 0.1) is 42.9 Å². The van der Waals surface area contributed by atoms with Crippen LogP contribution in [0.1, 0.15) is 82.4 Å². The molecular formula is C40H51N7O6. The second-order valence-corrected chi connectivity index (χ2v) is 14.9. The lowest BCUT2D eigenvalue weighted by Crippen LogP contribution is -2.41. The molecule has 6 rings (SSSR count). The summed E-state index contributed by atoms with van der Waals surface area (Å²) in [5.41, 5.74) is 3.81. The van der Waals surface area contributed by atoms with Gasteiger partial charge in [0.1, 0.15) is 5.60 Å². The van der Waals surface area contributed by atoms with E-state index in [0.29, 0.717) is 67.3 Å². The van der Waals surface area contributed by atoms with Gasteiger partial charge in [-0.15, -0.1) is 0 Å². The molecular weight excluding hydrogens is 674 g/mol. The molecule has 282 valence electrons. The predicted octanol–water partition coefficient (Wildman–Crippen LogP) is 5.27. The minimum Gasteiger partial charge on any atom is -0.444 e. The van der Waals surface area contributed by atoms with Crippen molar-refractivity contribution in [2.24, 2.45) is 0 Å². The summed E-state index contributed by atoms with van der Waals surface area (Å²) in [4.78, 5) is 66.2. The van der Waals surface area contributed by atoms with E-state index >= 15 is 0 Å². The molecule has 0 bridgehead atoms. The van der Waals surface area contributed by atoms with Crippen LogP contribution in [0, 0.1) is 0 Å². The van der Waals surface area contributed by atoms with Gasteiger partial charge in [-0.25, -0.2) is 4.79 Å². The number of fused-ring (bicyclic) bond motifs is 1. The quantitative estimate of drug-likeness (QED) is 0.302. The third kappa shape index (κ3) is 9.91. The zero-order valence-corrected chi connectivity index (χ0v) is 31.3. The molecule has 3 aliphatic heterocycles. The zero-order chi connectivity index (χ0) is 37.5. The van der Waals surface area contributed by atoms with E-state index in [0.717, 1.165) is 62.5 Å². The van der Waals surface area contributed by atoms with Crippen molar-refractivity contribution in [1.29, 1.82) is 0 Å². The van der Waals surface area contributed by atoms with E-state index < -0.39 is 23.5 Å². The summed E-state index contributed by atoms with van der Waals surface area (Å²) in [6.07, 6.45) is 5.11. The summed E-state index contributed by atoms with van der Waals surface area (Å²) in [6.45, 7) is 12.5. The number of hydrogen-bond acceptors (Lipinski definition) is 9. The Balaban J connectivity index is 1.18. The van der Waals surface area contributed by atoms with E-state index in [2.05, 4.69) is 25.4 Å². The van der Waals surface area contributed by atoms with E-state index in [-0.39, 0.29) is 5.91 Å². The number of nitrogens with zero attached hydrogens (tertiary/aromatic N) is 5. The Labute approximate surface area is 311 Å². The lowest BCUT2D eigenvalue weighted by molar-refractivity contribution is 0.0222. The number of morpholine rings is 1. The molecule has 0 atom stereocenters. The fraction of sp³-hybridized carbons (Fsp3) is 0.475. The monoisotopic (exact) mass is 725 g/mol. The Morgan fingerprint density at radius 2 is 1.64 bits per heavy atom. The van der Waals surface area contributed by atoms with Crippen LogP contribution in [0.15, 0.2) is 54.7 Å². The largest absolute Gasteiger partial charge is 0.444 e. The third-order valence-corrected chi connectivity index (χ3v) is 9.74. The summed E-state index contributed by atoms with van der Waals surface area (Å²) in [6, 6.07) is 14.0. The van der Waals surface area contributed by atoms with Crippen molar-refractivity contribution in [3.05, 3.63) is 82.7 Å². The predicted molar refractivity (Wildman–Crippen MR) is 204 cm³/mol. The van der Waals surface area contributed by atoms with Crippen LogP contribution in [0.4, 0.5) is 21.9 Å². The molecule has 0 aliphatic carbocycles. The molecule has 0 unspecified atom stereocenters. The Bertz CT molecular complexity index is 1810. The van der Waals surface area contributed by atoms with Gasteiger partial charge in [-0.1, -0.05) is 6.07 Å². The number of piperidine rings is 1. The Morgan fingerprint density at radius 3 is 2.40 bits per heavy atom. The number of anilines is 3. The van der Waals surface area contributed by atoms with Gasteiger partial charge in [0.15, 0.2) is 0 Å². The molecule has 53 heavy (non-hydrogen) atoms. The number of aromatic nitrogens is 1. The molecule has 4 amide bonds. The van der Waals surface area contributed by atoms with Crippen LogP contribution in [-0.2, 0) is 22.4 Å². The highest BCUT2D eigenvalue weighted by Crippen LogP contribution is 2.28. The maximum Gasteiger partial charge on any atom is 0.410 e. The van der Waals surface area contributed by atoms with Gasteiger partial charge >= 0.3 is 6.09 Å². The van der Waals surface area contributed by atoms with Crippen molar-refractivity contribution in [2.45, 2.75) is 58.6 Å². The van der Waals surface area contributed by atoms with Crippen LogP contribution >= 0.6 is 0 Å². The van der Waals surface area contributed by atoms with E-state index in [1.165, 1.54) is 6.42 Å². The second kappa shape index (κ2) is 16.8. The first kappa shape index (κ1) is 37.7. The Kier molecular flexibility index (Phi) is 11.9. The highest BCUT2D eigenvalue weighted by atomic mass is 16.6. The summed E-state index contributed by atoms with van der Waals surface area (Å²) in [5, 5.41) is 5.92. The van der Waals surface area contributed by atoms with Gasteiger partial charge in [0, 0.05) is 81.8 Å². The number of carbonyl (C=O) groups is 4. The summed E-state index contributed by atoms with van der Waals surface area (Å²) in [5.74, 6) is -1.02. The number of rotatable bonds is 9. The summed E-state index contributed by atoms with van der Waals surface area (Å²) >= 11 is 0. The Hall–Kier alpha value is -5.01. The molecule has 2 fully saturated rings. The van der Waals surface area contributed by atoms with Gasteiger partial charge in [-0.05, 0) is 88.1 Å². The molecule has 4 heterocycles. The fourth-order valence-corrected chi connectivity index (χ4v) is 6.78. The molecule has 2 N–H and O–H groups in total. The van der Waals surface area contributed by atoms with E-state index in [9.17, 15) is 19.2 Å². The molecule has 13 nitrogen and oxygen atoms in total. The van der Waals surface area contributed by atoms with Crippen LogP contribution in [-0.4, -0.2) is 115 Å². The summed E-state index contributed by atoms with van der Waals surface area (Å²) in [7, 11) is 1.76. The molecule has 2 saturated heterocycles. The van der Waals surface area contributed by atoms with Crippen molar-refractivity contribution >= 4 is 40.9 Å². The van der Waals surface area contributed by atoms with Crippen molar-refractivity contribution in [1.82, 2.24) is 19.7 Å². The number of hydrogen-bond donors (Lipinski definition) is 2. The van der Waals surface area contributed by atoms with E-state index in [1.807, 2.05) is 39.0 Å². The number of nitrogens with one attached hydrogen (secondary N) is 2. The average molecular weight is 726 g/mol. The third-order valence-electron chi connectivity index (χ3n) is 9.74. The zero-order valence-electron chi connectivity index (χ0n) is 31.3. The van der Waals surface area contributed by atoms with Crippen molar-refractivity contribution in [3.8, 4) is 0 Å². The molecule has 3 aliphatic rings. The smallest absolute Gasteiger partial charge is 0.410 e. The first-order valence-corrected chi connectivity index (χ1v) is 18.6. The molecule has 1 aromatic heterocycles. The van der Waals surface area contributed by atoms with Gasteiger partial charge < -0.3 is 34.8 Å². The lowest BCUT2D eigenvalue weighted by Gasteiger charge is -2.31. The molecule has 13 heteroatoms. The normalized spacial score (nSPS) is 16.4. The van der Waals surface area contributed by atoms with E-state index in [4.69, 9.17) is 9.47 Å². The minimum absolute atomic E-state index is 0.174. The van der Waals surface area contributed by atoms with Crippen molar-refractivity contribution in [2.75, 3.05) is 81.6 Å². The number of ether oxygens (including phenoxy) is 2. The first-order valence-electron chi connectivity index (χ1n) is 18.6.